The number of anilines is 2. The monoisotopic (exact) mass is 297 g/mol. The van der Waals surface area contributed by atoms with Crippen molar-refractivity contribution in [3.63, 3.8) is 0 Å². The van der Waals surface area contributed by atoms with E-state index in [1.807, 2.05) is 6.92 Å². The molecule has 0 radical (unpaired) electrons. The van der Waals surface area contributed by atoms with Gasteiger partial charge in [0.05, 0.1) is 0 Å². The van der Waals surface area contributed by atoms with Crippen LogP contribution in [0.5, 0.6) is 0 Å². The largest absolute Gasteiger partial charge is 0.368 e. The lowest BCUT2D eigenvalue weighted by molar-refractivity contribution is 0.268. The van der Waals surface area contributed by atoms with Crippen LogP contribution in [0, 0.1) is 23.5 Å². The van der Waals surface area contributed by atoms with Crippen LogP contribution in [0.25, 0.3) is 0 Å². The van der Waals surface area contributed by atoms with Crippen molar-refractivity contribution >= 4 is 11.6 Å². The molecule has 21 heavy (non-hydrogen) atoms. The normalized spacial score (nSPS) is 22.1. The third-order valence-electron chi connectivity index (χ3n) is 4.29. The second-order valence-electron chi connectivity index (χ2n) is 5.98. The van der Waals surface area contributed by atoms with E-state index in [2.05, 4.69) is 22.5 Å². The van der Waals surface area contributed by atoms with Gasteiger partial charge in [-0.3, -0.25) is 0 Å². The van der Waals surface area contributed by atoms with E-state index in [1.165, 1.54) is 19.3 Å². The highest BCUT2D eigenvalue weighted by Crippen LogP contribution is 2.30. The molecular weight excluding hydrogens is 272 g/mol. The van der Waals surface area contributed by atoms with E-state index in [-0.39, 0.29) is 11.6 Å². The van der Waals surface area contributed by atoms with Gasteiger partial charge in [-0.05, 0) is 24.7 Å². The molecule has 0 saturated heterocycles. The Labute approximate surface area is 125 Å². The average Bonchev–Trinajstić information content (AvgIpc) is 2.47. The number of pyridine rings is 1. The van der Waals surface area contributed by atoms with Crippen molar-refractivity contribution in [2.45, 2.75) is 46.0 Å². The molecule has 1 aliphatic rings. The van der Waals surface area contributed by atoms with Crippen molar-refractivity contribution in [2.24, 2.45) is 11.8 Å². The summed E-state index contributed by atoms with van der Waals surface area (Å²) >= 11 is 0. The number of hydrogen-bond acceptors (Lipinski definition) is 3. The molecule has 2 atom stereocenters. The Bertz CT molecular complexity index is 465. The van der Waals surface area contributed by atoms with Crippen LogP contribution in [0.2, 0.25) is 0 Å². The van der Waals surface area contributed by atoms with Gasteiger partial charge >= 0.3 is 0 Å². The molecule has 1 heterocycles. The van der Waals surface area contributed by atoms with Gasteiger partial charge in [0, 0.05) is 19.2 Å². The molecule has 0 bridgehead atoms. The van der Waals surface area contributed by atoms with Crippen LogP contribution in [0.4, 0.5) is 20.4 Å². The Hall–Kier alpha value is -1.39. The van der Waals surface area contributed by atoms with Crippen molar-refractivity contribution < 1.29 is 8.78 Å². The number of halogens is 2. The predicted octanol–water partition coefficient (Wildman–Crippen LogP) is 4.42. The van der Waals surface area contributed by atoms with Gasteiger partial charge in [0.1, 0.15) is 0 Å². The molecule has 1 aromatic rings. The lowest BCUT2D eigenvalue weighted by Gasteiger charge is -2.29. The topological polar surface area (TPSA) is 37.0 Å². The molecule has 0 aliphatic heterocycles. The smallest absolute Gasteiger partial charge is 0.168 e. The van der Waals surface area contributed by atoms with Gasteiger partial charge in [-0.1, -0.05) is 33.1 Å². The fourth-order valence-electron chi connectivity index (χ4n) is 2.88. The zero-order valence-electron chi connectivity index (χ0n) is 12.9. The minimum absolute atomic E-state index is 0.123. The summed E-state index contributed by atoms with van der Waals surface area (Å²) in [6.45, 7) is 5.55. The number of hydrogen-bond donors (Lipinski definition) is 2. The fraction of sp³-hybridized carbons (Fsp3) is 0.688. The zero-order chi connectivity index (χ0) is 15.2. The maximum Gasteiger partial charge on any atom is 0.168 e. The van der Waals surface area contributed by atoms with Crippen LogP contribution >= 0.6 is 0 Å². The summed E-state index contributed by atoms with van der Waals surface area (Å²) in [7, 11) is 0. The van der Waals surface area contributed by atoms with Crippen LogP contribution in [-0.4, -0.2) is 18.1 Å². The van der Waals surface area contributed by atoms with Crippen molar-refractivity contribution in [1.82, 2.24) is 4.98 Å². The summed E-state index contributed by atoms with van der Waals surface area (Å²) in [5, 5.41) is 5.95. The Morgan fingerprint density at radius 3 is 2.48 bits per heavy atom. The summed E-state index contributed by atoms with van der Waals surface area (Å²) in [6, 6.07) is 0.900. The van der Waals surface area contributed by atoms with Gasteiger partial charge in [0.15, 0.2) is 23.3 Å². The molecule has 2 N–H and O–H groups in total. The highest BCUT2D eigenvalue weighted by molar-refractivity contribution is 5.47. The molecule has 0 spiro atoms. The van der Waals surface area contributed by atoms with Crippen molar-refractivity contribution in [2.75, 3.05) is 23.7 Å². The third-order valence-corrected chi connectivity index (χ3v) is 4.29. The van der Waals surface area contributed by atoms with Gasteiger partial charge in [-0.2, -0.15) is 0 Å². The molecule has 5 heteroatoms. The van der Waals surface area contributed by atoms with Crippen molar-refractivity contribution in [3.05, 3.63) is 17.7 Å². The SMILES string of the molecule is CCCNc1nc(NCC2CCCCC2C)c(F)cc1F. The van der Waals surface area contributed by atoms with Gasteiger partial charge in [0.25, 0.3) is 0 Å². The Morgan fingerprint density at radius 2 is 1.81 bits per heavy atom. The summed E-state index contributed by atoms with van der Waals surface area (Å²) in [6.07, 6.45) is 5.78. The van der Waals surface area contributed by atoms with E-state index in [0.717, 1.165) is 18.9 Å². The highest BCUT2D eigenvalue weighted by atomic mass is 19.1. The first-order valence-electron chi connectivity index (χ1n) is 7.95. The second kappa shape index (κ2) is 7.57. The highest BCUT2D eigenvalue weighted by Gasteiger charge is 2.21. The third kappa shape index (κ3) is 4.29. The molecule has 1 fully saturated rings. The Kier molecular flexibility index (Phi) is 5.76. The number of nitrogens with one attached hydrogen (secondary N) is 2. The van der Waals surface area contributed by atoms with Crippen LogP contribution < -0.4 is 10.6 Å². The molecule has 1 aromatic heterocycles. The second-order valence-corrected chi connectivity index (χ2v) is 5.98. The van der Waals surface area contributed by atoms with E-state index in [9.17, 15) is 8.78 Å². The van der Waals surface area contributed by atoms with E-state index in [1.54, 1.807) is 0 Å². The van der Waals surface area contributed by atoms with Crippen LogP contribution in [0.15, 0.2) is 6.07 Å². The van der Waals surface area contributed by atoms with Crippen LogP contribution in [0.3, 0.4) is 0 Å². The molecule has 118 valence electrons. The van der Waals surface area contributed by atoms with E-state index in [0.29, 0.717) is 24.9 Å². The van der Waals surface area contributed by atoms with E-state index in [4.69, 9.17) is 0 Å². The quantitative estimate of drug-likeness (QED) is 0.816. The van der Waals surface area contributed by atoms with Crippen molar-refractivity contribution in [3.8, 4) is 0 Å². The minimum Gasteiger partial charge on any atom is -0.368 e. The molecule has 3 nitrogen and oxygen atoms in total. The predicted molar refractivity (Wildman–Crippen MR) is 82.5 cm³/mol. The molecule has 2 rings (SSSR count). The number of rotatable bonds is 6. The van der Waals surface area contributed by atoms with E-state index < -0.39 is 11.6 Å². The molecular formula is C16H25F2N3. The van der Waals surface area contributed by atoms with Gasteiger partial charge < -0.3 is 10.6 Å². The van der Waals surface area contributed by atoms with Gasteiger partial charge in [0.2, 0.25) is 0 Å². The summed E-state index contributed by atoms with van der Waals surface area (Å²) in [5.41, 5.74) is 0. The zero-order valence-corrected chi connectivity index (χ0v) is 12.9. The van der Waals surface area contributed by atoms with E-state index >= 15 is 0 Å². The number of aromatic nitrogens is 1. The first-order valence-corrected chi connectivity index (χ1v) is 7.95. The van der Waals surface area contributed by atoms with Crippen LogP contribution in [-0.2, 0) is 0 Å². The molecule has 0 aromatic carbocycles. The average molecular weight is 297 g/mol. The first-order chi connectivity index (χ1) is 10.1. The summed E-state index contributed by atoms with van der Waals surface area (Å²) in [4.78, 5) is 4.05. The fourth-order valence-corrected chi connectivity index (χ4v) is 2.88. The lowest BCUT2D eigenvalue weighted by atomic mass is 9.80. The summed E-state index contributed by atoms with van der Waals surface area (Å²) in [5.74, 6) is 0.185. The minimum atomic E-state index is -0.641. The molecule has 0 amide bonds. The molecule has 1 aliphatic carbocycles. The summed E-state index contributed by atoms with van der Waals surface area (Å²) < 4.78 is 27.4. The Morgan fingerprint density at radius 1 is 1.14 bits per heavy atom. The van der Waals surface area contributed by atoms with Crippen molar-refractivity contribution in [1.29, 1.82) is 0 Å². The Balaban J connectivity index is 2.01. The van der Waals surface area contributed by atoms with Crippen LogP contribution in [0.1, 0.15) is 46.0 Å². The maximum atomic E-state index is 13.8. The number of nitrogens with zero attached hydrogens (tertiary/aromatic N) is 1. The standard InChI is InChI=1S/C16H25F2N3/c1-3-8-19-15-13(17)9-14(18)16(21-15)20-10-12-7-5-4-6-11(12)2/h9,11-12H,3-8,10H2,1-2H3,(H2,19,20,21). The van der Waals surface area contributed by atoms with Gasteiger partial charge in [-0.25, -0.2) is 13.8 Å². The molecule has 1 saturated carbocycles. The lowest BCUT2D eigenvalue weighted by Crippen LogP contribution is -2.25. The van der Waals surface area contributed by atoms with Gasteiger partial charge in [-0.15, -0.1) is 0 Å². The maximum absolute atomic E-state index is 13.8. The first kappa shape index (κ1) is 16.0. The molecule has 2 unspecified atom stereocenters.